The smallest absolute Gasteiger partial charge is 0.253 e. The lowest BCUT2D eigenvalue weighted by atomic mass is 10.1. The molecule has 2 amide bonds. The third-order valence-electron chi connectivity index (χ3n) is 5.21. The number of carbonyl (C=O) groups excluding carboxylic acids is 2. The summed E-state index contributed by atoms with van der Waals surface area (Å²) in [6.45, 7) is 0.287. The molecular formula is C23H18ClN5O2. The number of para-hydroxylation sites is 2. The van der Waals surface area contributed by atoms with Gasteiger partial charge in [0.05, 0.1) is 29.7 Å². The van der Waals surface area contributed by atoms with Crippen molar-refractivity contribution in [3.05, 3.63) is 83.6 Å². The van der Waals surface area contributed by atoms with E-state index in [2.05, 4.69) is 15.3 Å². The van der Waals surface area contributed by atoms with Gasteiger partial charge in [-0.1, -0.05) is 35.9 Å². The highest BCUT2D eigenvalue weighted by Crippen LogP contribution is 2.37. The molecule has 0 saturated heterocycles. The Labute approximate surface area is 183 Å². The lowest BCUT2D eigenvalue weighted by Gasteiger charge is -2.15. The number of fused-ring (bicyclic) bond motifs is 3. The molecule has 0 radical (unpaired) electrons. The van der Waals surface area contributed by atoms with E-state index in [1.807, 2.05) is 47.0 Å². The number of benzene rings is 2. The van der Waals surface area contributed by atoms with Crippen LogP contribution in [0.15, 0.2) is 72.9 Å². The van der Waals surface area contributed by atoms with Crippen LogP contribution < -0.4 is 10.2 Å². The average Bonchev–Trinajstić information content (AvgIpc) is 3.25. The molecular weight excluding hydrogens is 414 g/mol. The largest absolute Gasteiger partial charge is 0.326 e. The minimum absolute atomic E-state index is 0.0164. The Hall–Kier alpha value is -3.71. The second-order valence-corrected chi connectivity index (χ2v) is 7.73. The molecule has 0 spiro atoms. The number of carbonyl (C=O) groups is 2. The van der Waals surface area contributed by atoms with Crippen molar-refractivity contribution in [1.29, 1.82) is 0 Å². The molecule has 0 unspecified atom stereocenters. The van der Waals surface area contributed by atoms with Crippen LogP contribution in [0.5, 0.6) is 0 Å². The lowest BCUT2D eigenvalue weighted by molar-refractivity contribution is -0.124. The molecule has 5 rings (SSSR count). The second kappa shape index (κ2) is 7.85. The molecule has 0 bridgehead atoms. The highest BCUT2D eigenvalue weighted by Gasteiger charge is 2.41. The van der Waals surface area contributed by atoms with Crippen molar-refractivity contribution in [2.24, 2.45) is 0 Å². The van der Waals surface area contributed by atoms with Gasteiger partial charge in [0.25, 0.3) is 5.91 Å². The van der Waals surface area contributed by atoms with Gasteiger partial charge in [-0.3, -0.25) is 24.0 Å². The van der Waals surface area contributed by atoms with Crippen LogP contribution in [0.4, 0.5) is 11.6 Å². The van der Waals surface area contributed by atoms with E-state index in [-0.39, 0.29) is 24.8 Å². The Morgan fingerprint density at radius 1 is 1.06 bits per heavy atom. The highest BCUT2D eigenvalue weighted by molar-refractivity contribution is 6.30. The standard InChI is InChI=1S/C23H18ClN5O2/c24-15-6-5-8-16(12-15)26-21(30)13-20-22(31)28(14-17-7-3-4-11-25-17)23-27-18-9-1-2-10-19(18)29(20)23/h1-12,20H,13-14H2,(H,26,30)/t20-/m1/s1. The van der Waals surface area contributed by atoms with Crippen LogP contribution in [0.3, 0.4) is 0 Å². The maximum atomic E-state index is 13.3. The summed E-state index contributed by atoms with van der Waals surface area (Å²) < 4.78 is 1.85. The molecule has 2 aromatic carbocycles. The number of anilines is 2. The summed E-state index contributed by atoms with van der Waals surface area (Å²) >= 11 is 6.01. The zero-order valence-corrected chi connectivity index (χ0v) is 17.2. The predicted octanol–water partition coefficient (Wildman–Crippen LogP) is 4.20. The van der Waals surface area contributed by atoms with Crippen LogP contribution in [0.2, 0.25) is 5.02 Å². The van der Waals surface area contributed by atoms with Crippen molar-refractivity contribution in [2.75, 3.05) is 10.2 Å². The summed E-state index contributed by atoms with van der Waals surface area (Å²) in [4.78, 5) is 36.7. The third kappa shape index (κ3) is 3.64. The summed E-state index contributed by atoms with van der Waals surface area (Å²) in [6, 6.07) is 19.4. The van der Waals surface area contributed by atoms with Crippen LogP contribution >= 0.6 is 11.6 Å². The summed E-state index contributed by atoms with van der Waals surface area (Å²) in [6.07, 6.45) is 1.67. The van der Waals surface area contributed by atoms with E-state index in [9.17, 15) is 9.59 Å². The zero-order chi connectivity index (χ0) is 21.4. The summed E-state index contributed by atoms with van der Waals surface area (Å²) in [5.74, 6) is 0.0709. The average molecular weight is 432 g/mol. The SMILES string of the molecule is O=C(C[C@@H]1C(=O)N(Cc2ccccn2)c2nc3ccccc3n21)Nc1cccc(Cl)c1. The Morgan fingerprint density at radius 2 is 1.90 bits per heavy atom. The maximum Gasteiger partial charge on any atom is 0.253 e. The van der Waals surface area contributed by atoms with Crippen molar-refractivity contribution in [1.82, 2.24) is 14.5 Å². The quantitative estimate of drug-likeness (QED) is 0.513. The Bertz CT molecular complexity index is 1290. The number of nitrogens with one attached hydrogen (secondary N) is 1. The fourth-order valence-corrected chi connectivity index (χ4v) is 4.04. The van der Waals surface area contributed by atoms with Gasteiger partial charge < -0.3 is 5.32 Å². The van der Waals surface area contributed by atoms with Crippen molar-refractivity contribution >= 4 is 46.1 Å². The molecule has 3 heterocycles. The Kier molecular flexibility index (Phi) is 4.88. The molecule has 8 heteroatoms. The van der Waals surface area contributed by atoms with Gasteiger partial charge in [0.2, 0.25) is 11.9 Å². The monoisotopic (exact) mass is 431 g/mol. The first-order valence-electron chi connectivity index (χ1n) is 9.84. The molecule has 1 atom stereocenters. The first-order valence-corrected chi connectivity index (χ1v) is 10.2. The topological polar surface area (TPSA) is 80.1 Å². The van der Waals surface area contributed by atoms with E-state index in [0.717, 1.165) is 16.7 Å². The molecule has 1 N–H and O–H groups in total. The first kappa shape index (κ1) is 19.3. The van der Waals surface area contributed by atoms with Crippen molar-refractivity contribution in [2.45, 2.75) is 19.0 Å². The van der Waals surface area contributed by atoms with Crippen LogP contribution in [0.1, 0.15) is 18.2 Å². The number of pyridine rings is 1. The zero-order valence-electron chi connectivity index (χ0n) is 16.4. The van der Waals surface area contributed by atoms with E-state index in [0.29, 0.717) is 16.7 Å². The fraction of sp³-hybridized carbons (Fsp3) is 0.130. The number of hydrogen-bond acceptors (Lipinski definition) is 4. The number of amides is 2. The van der Waals surface area contributed by atoms with Gasteiger partial charge >= 0.3 is 0 Å². The number of hydrogen-bond donors (Lipinski definition) is 1. The Balaban J connectivity index is 1.47. The van der Waals surface area contributed by atoms with Gasteiger partial charge in [-0.2, -0.15) is 0 Å². The van der Waals surface area contributed by atoms with Crippen LogP contribution in [0.25, 0.3) is 11.0 Å². The molecule has 31 heavy (non-hydrogen) atoms. The van der Waals surface area contributed by atoms with Gasteiger partial charge in [-0.15, -0.1) is 0 Å². The Morgan fingerprint density at radius 3 is 2.71 bits per heavy atom. The lowest BCUT2D eigenvalue weighted by Crippen LogP contribution is -2.31. The molecule has 0 saturated carbocycles. The maximum absolute atomic E-state index is 13.3. The summed E-state index contributed by atoms with van der Waals surface area (Å²) in [5, 5.41) is 3.35. The molecule has 154 valence electrons. The summed E-state index contributed by atoms with van der Waals surface area (Å²) in [7, 11) is 0. The number of imidazole rings is 1. The summed E-state index contributed by atoms with van der Waals surface area (Å²) in [5.41, 5.74) is 2.92. The molecule has 0 aliphatic carbocycles. The fourth-order valence-electron chi connectivity index (χ4n) is 3.85. The van der Waals surface area contributed by atoms with E-state index in [1.54, 1.807) is 35.4 Å². The van der Waals surface area contributed by atoms with E-state index in [4.69, 9.17) is 11.6 Å². The second-order valence-electron chi connectivity index (χ2n) is 7.29. The van der Waals surface area contributed by atoms with Crippen LogP contribution in [-0.4, -0.2) is 26.3 Å². The van der Waals surface area contributed by atoms with Gasteiger partial charge in [0.1, 0.15) is 6.04 Å². The molecule has 2 aromatic heterocycles. The minimum Gasteiger partial charge on any atom is -0.326 e. The van der Waals surface area contributed by atoms with E-state index >= 15 is 0 Å². The van der Waals surface area contributed by atoms with E-state index in [1.165, 1.54) is 0 Å². The number of rotatable bonds is 5. The molecule has 1 aliphatic heterocycles. The highest BCUT2D eigenvalue weighted by atomic mass is 35.5. The number of aromatic nitrogens is 3. The molecule has 7 nitrogen and oxygen atoms in total. The van der Waals surface area contributed by atoms with Gasteiger partial charge in [-0.05, 0) is 42.5 Å². The molecule has 4 aromatic rings. The number of halogens is 1. The predicted molar refractivity (Wildman–Crippen MR) is 119 cm³/mol. The molecule has 0 fully saturated rings. The van der Waals surface area contributed by atoms with Crippen LogP contribution in [0, 0.1) is 0 Å². The van der Waals surface area contributed by atoms with Gasteiger partial charge in [0.15, 0.2) is 0 Å². The van der Waals surface area contributed by atoms with E-state index < -0.39 is 6.04 Å². The van der Waals surface area contributed by atoms with Gasteiger partial charge in [0, 0.05) is 16.9 Å². The van der Waals surface area contributed by atoms with Crippen molar-refractivity contribution in [3.8, 4) is 0 Å². The van der Waals surface area contributed by atoms with Crippen molar-refractivity contribution < 1.29 is 9.59 Å². The van der Waals surface area contributed by atoms with Gasteiger partial charge in [-0.25, -0.2) is 4.98 Å². The molecule has 1 aliphatic rings. The normalized spacial score (nSPS) is 15.3. The first-order chi connectivity index (χ1) is 15.1. The van der Waals surface area contributed by atoms with Crippen molar-refractivity contribution in [3.63, 3.8) is 0 Å². The van der Waals surface area contributed by atoms with Crippen LogP contribution in [-0.2, 0) is 16.1 Å². The number of nitrogens with zero attached hydrogens (tertiary/aromatic N) is 4. The third-order valence-corrected chi connectivity index (χ3v) is 5.45. The minimum atomic E-state index is -0.690.